The van der Waals surface area contributed by atoms with Crippen LogP contribution in [0.2, 0.25) is 0 Å². The van der Waals surface area contributed by atoms with Crippen molar-refractivity contribution in [1.82, 2.24) is 10.3 Å². The number of nitrogens with one attached hydrogen (secondary N) is 1. The zero-order chi connectivity index (χ0) is 23.6. The number of aromatic nitrogens is 1. The van der Waals surface area contributed by atoms with Gasteiger partial charge < -0.3 is 24.3 Å². The molecule has 2 aliphatic rings. The first-order chi connectivity index (χ1) is 17.3. The Balaban J connectivity index is 1.37. The fourth-order valence-electron chi connectivity index (χ4n) is 4.84. The number of hydrogen-bond donors (Lipinski definition) is 1. The third kappa shape index (κ3) is 4.29. The maximum Gasteiger partial charge on any atom is 0.174 e. The van der Waals surface area contributed by atoms with Crippen LogP contribution in [0.1, 0.15) is 23.5 Å². The Kier molecular flexibility index (Phi) is 5.94. The van der Waals surface area contributed by atoms with Crippen LogP contribution in [0.5, 0.6) is 0 Å². The largest absolute Gasteiger partial charge is 0.459 e. The van der Waals surface area contributed by atoms with Crippen LogP contribution in [0.15, 0.2) is 95.5 Å². The third-order valence-corrected chi connectivity index (χ3v) is 6.89. The minimum Gasteiger partial charge on any atom is -0.459 e. The van der Waals surface area contributed by atoms with Gasteiger partial charge in [-0.05, 0) is 60.7 Å². The second-order valence-electron chi connectivity index (χ2n) is 8.68. The number of benzene rings is 2. The summed E-state index contributed by atoms with van der Waals surface area (Å²) in [5, 5.41) is 4.16. The van der Waals surface area contributed by atoms with E-state index in [1.54, 1.807) is 0 Å². The average molecular weight is 483 g/mol. The van der Waals surface area contributed by atoms with Crippen LogP contribution in [0.4, 0.5) is 11.4 Å². The predicted octanol–water partition coefficient (Wildman–Crippen LogP) is 5.36. The van der Waals surface area contributed by atoms with Crippen LogP contribution >= 0.6 is 12.2 Å². The summed E-state index contributed by atoms with van der Waals surface area (Å²) in [4.78, 5) is 9.12. The van der Waals surface area contributed by atoms with Gasteiger partial charge in [0.1, 0.15) is 17.6 Å². The van der Waals surface area contributed by atoms with Gasteiger partial charge in [-0.2, -0.15) is 0 Å². The van der Waals surface area contributed by atoms with Gasteiger partial charge >= 0.3 is 0 Å². The molecule has 2 atom stereocenters. The summed E-state index contributed by atoms with van der Waals surface area (Å²) in [5.74, 6) is 1.67. The standard InChI is InChI=1S/C28H26N4O2S/c35-28-30-26(23-8-4-5-15-29-23)27(25-14-13-24(34-25)20-6-2-1-3-7-20)32(28)22-11-9-21(10-12-22)31-16-18-33-19-17-31/h1-15,26-27H,16-19H2,(H,30,35)/t26-,27-/m0/s1. The molecule has 6 rings (SSSR count). The zero-order valence-corrected chi connectivity index (χ0v) is 20.0. The molecule has 1 N–H and O–H groups in total. The minimum absolute atomic E-state index is 0.141. The van der Waals surface area contributed by atoms with E-state index in [0.29, 0.717) is 5.11 Å². The van der Waals surface area contributed by atoms with Crippen molar-refractivity contribution < 1.29 is 9.15 Å². The molecular weight excluding hydrogens is 456 g/mol. The first-order valence-electron chi connectivity index (χ1n) is 11.9. The summed E-state index contributed by atoms with van der Waals surface area (Å²) >= 11 is 5.85. The normalized spacial score (nSPS) is 20.2. The van der Waals surface area contributed by atoms with Gasteiger partial charge in [0.05, 0.1) is 24.9 Å². The molecule has 35 heavy (non-hydrogen) atoms. The number of anilines is 2. The summed E-state index contributed by atoms with van der Waals surface area (Å²) in [6, 6.07) is 28.4. The Labute approximate surface area is 210 Å². The van der Waals surface area contributed by atoms with E-state index in [1.807, 2.05) is 54.7 Å². The van der Waals surface area contributed by atoms with Crippen molar-refractivity contribution in [3.8, 4) is 11.3 Å². The Hall–Kier alpha value is -3.68. The van der Waals surface area contributed by atoms with Crippen LogP contribution in [0.25, 0.3) is 11.3 Å². The van der Waals surface area contributed by atoms with Crippen LogP contribution in [-0.4, -0.2) is 36.4 Å². The molecule has 0 unspecified atom stereocenters. The van der Waals surface area contributed by atoms with Crippen molar-refractivity contribution in [3.63, 3.8) is 0 Å². The average Bonchev–Trinajstić information content (AvgIpc) is 3.55. The molecule has 2 aromatic heterocycles. The monoisotopic (exact) mass is 482 g/mol. The lowest BCUT2D eigenvalue weighted by Gasteiger charge is -2.30. The summed E-state index contributed by atoms with van der Waals surface area (Å²) in [7, 11) is 0. The molecule has 2 fully saturated rings. The molecule has 6 nitrogen and oxygen atoms in total. The van der Waals surface area contributed by atoms with E-state index in [4.69, 9.17) is 21.4 Å². The third-order valence-electron chi connectivity index (χ3n) is 6.58. The molecule has 4 aromatic rings. The molecule has 0 saturated carbocycles. The Morgan fingerprint density at radius 3 is 2.31 bits per heavy atom. The predicted molar refractivity (Wildman–Crippen MR) is 142 cm³/mol. The maximum absolute atomic E-state index is 6.43. The molecule has 2 saturated heterocycles. The number of nitrogens with zero attached hydrogens (tertiary/aromatic N) is 3. The maximum atomic E-state index is 6.43. The van der Waals surface area contributed by atoms with Gasteiger partial charge in [-0.15, -0.1) is 0 Å². The molecule has 0 spiro atoms. The molecule has 0 amide bonds. The summed E-state index contributed by atoms with van der Waals surface area (Å²) in [6.45, 7) is 3.33. The second kappa shape index (κ2) is 9.52. The second-order valence-corrected chi connectivity index (χ2v) is 9.07. The Bertz CT molecular complexity index is 1290. The van der Waals surface area contributed by atoms with Crippen LogP contribution in [-0.2, 0) is 4.74 Å². The van der Waals surface area contributed by atoms with Gasteiger partial charge in [-0.25, -0.2) is 0 Å². The van der Waals surface area contributed by atoms with E-state index in [1.165, 1.54) is 5.69 Å². The van der Waals surface area contributed by atoms with Gasteiger partial charge in [-0.1, -0.05) is 36.4 Å². The quantitative estimate of drug-likeness (QED) is 0.385. The van der Waals surface area contributed by atoms with Crippen molar-refractivity contribution in [2.24, 2.45) is 0 Å². The number of pyridine rings is 1. The lowest BCUT2D eigenvalue weighted by atomic mass is 10.0. The molecule has 2 aliphatic heterocycles. The van der Waals surface area contributed by atoms with Crippen molar-refractivity contribution in [2.75, 3.05) is 36.1 Å². The first kappa shape index (κ1) is 21.8. The highest BCUT2D eigenvalue weighted by molar-refractivity contribution is 7.80. The molecular formula is C28H26N4O2S. The van der Waals surface area contributed by atoms with Crippen molar-refractivity contribution in [2.45, 2.75) is 12.1 Å². The van der Waals surface area contributed by atoms with Gasteiger partial charge in [0.25, 0.3) is 0 Å². The number of rotatable bonds is 5. The summed E-state index contributed by atoms with van der Waals surface area (Å²) < 4.78 is 11.9. The van der Waals surface area contributed by atoms with Gasteiger partial charge in [0.2, 0.25) is 0 Å². The van der Waals surface area contributed by atoms with E-state index < -0.39 is 0 Å². The lowest BCUT2D eigenvalue weighted by molar-refractivity contribution is 0.122. The number of morpholine rings is 1. The molecule has 0 radical (unpaired) electrons. The van der Waals surface area contributed by atoms with Crippen LogP contribution in [0, 0.1) is 0 Å². The number of hydrogen-bond acceptors (Lipinski definition) is 5. The zero-order valence-electron chi connectivity index (χ0n) is 19.2. The van der Waals surface area contributed by atoms with Gasteiger partial charge in [0.15, 0.2) is 5.11 Å². The Morgan fingerprint density at radius 1 is 0.829 bits per heavy atom. The van der Waals surface area contributed by atoms with E-state index in [2.05, 4.69) is 56.5 Å². The van der Waals surface area contributed by atoms with Crippen molar-refractivity contribution in [3.05, 3.63) is 103 Å². The van der Waals surface area contributed by atoms with Crippen LogP contribution < -0.4 is 15.1 Å². The summed E-state index contributed by atoms with van der Waals surface area (Å²) in [6.07, 6.45) is 1.81. The Morgan fingerprint density at radius 2 is 1.57 bits per heavy atom. The van der Waals surface area contributed by atoms with E-state index in [-0.39, 0.29) is 12.1 Å². The fourth-order valence-corrected chi connectivity index (χ4v) is 5.18. The van der Waals surface area contributed by atoms with E-state index >= 15 is 0 Å². The highest BCUT2D eigenvalue weighted by atomic mass is 32.1. The SMILES string of the molecule is S=C1N[C@@H](c2ccccn2)[C@H](c2ccc(-c3ccccc3)o2)N1c1ccc(N2CCOCC2)cc1. The molecule has 0 aliphatic carbocycles. The highest BCUT2D eigenvalue weighted by Crippen LogP contribution is 2.43. The smallest absolute Gasteiger partial charge is 0.174 e. The molecule has 0 bridgehead atoms. The first-order valence-corrected chi connectivity index (χ1v) is 12.3. The molecule has 7 heteroatoms. The lowest BCUT2D eigenvalue weighted by Crippen LogP contribution is -2.36. The topological polar surface area (TPSA) is 53.8 Å². The number of thiocarbonyl (C=S) groups is 1. The van der Waals surface area contributed by atoms with E-state index in [9.17, 15) is 0 Å². The number of furan rings is 1. The van der Waals surface area contributed by atoms with Crippen molar-refractivity contribution in [1.29, 1.82) is 0 Å². The highest BCUT2D eigenvalue weighted by Gasteiger charge is 2.42. The minimum atomic E-state index is -0.177. The van der Waals surface area contributed by atoms with Crippen molar-refractivity contribution >= 4 is 28.7 Å². The molecule has 4 heterocycles. The van der Waals surface area contributed by atoms with E-state index in [0.717, 1.165) is 54.8 Å². The molecule has 176 valence electrons. The number of ether oxygens (including phenoxy) is 1. The summed E-state index contributed by atoms with van der Waals surface area (Å²) in [5.41, 5.74) is 4.17. The van der Waals surface area contributed by atoms with Crippen LogP contribution in [0.3, 0.4) is 0 Å². The fraction of sp³-hybridized carbons (Fsp3) is 0.214. The van der Waals surface area contributed by atoms with Gasteiger partial charge in [-0.3, -0.25) is 4.98 Å². The van der Waals surface area contributed by atoms with Gasteiger partial charge in [0, 0.05) is 36.2 Å². The molecule has 2 aromatic carbocycles.